The predicted molar refractivity (Wildman–Crippen MR) is 51.2 cm³/mol. The van der Waals surface area contributed by atoms with Gasteiger partial charge in [0.15, 0.2) is 0 Å². The third-order valence-corrected chi connectivity index (χ3v) is 2.23. The van der Waals surface area contributed by atoms with E-state index in [1.165, 1.54) is 6.20 Å². The van der Waals surface area contributed by atoms with Gasteiger partial charge >= 0.3 is 0 Å². The lowest BCUT2D eigenvalue weighted by atomic mass is 10.2. The lowest BCUT2D eigenvalue weighted by Crippen LogP contribution is -2.41. The molecule has 0 bridgehead atoms. The van der Waals surface area contributed by atoms with Crippen LogP contribution in [0.3, 0.4) is 0 Å². The van der Waals surface area contributed by atoms with E-state index in [0.29, 0.717) is 0 Å². The highest BCUT2D eigenvalue weighted by Gasteiger charge is 2.29. The number of aromatic nitrogens is 1. The maximum Gasteiger partial charge on any atom is 0.270 e. The highest BCUT2D eigenvalue weighted by Crippen LogP contribution is 2.09. The Morgan fingerprint density at radius 2 is 2.40 bits per heavy atom. The van der Waals surface area contributed by atoms with Crippen molar-refractivity contribution in [2.45, 2.75) is 12.2 Å². The van der Waals surface area contributed by atoms with Crippen LogP contribution in [0.4, 0.5) is 4.39 Å². The van der Waals surface area contributed by atoms with E-state index in [1.54, 1.807) is 18.2 Å². The van der Waals surface area contributed by atoms with Crippen LogP contribution in [0.2, 0.25) is 0 Å². The average molecular weight is 210 g/mol. The first kappa shape index (κ1) is 10.0. The quantitative estimate of drug-likeness (QED) is 0.775. The number of hydrogen-bond acceptors (Lipinski definition) is 3. The fraction of sp³-hybridized carbons (Fsp3) is 0.400. The number of carbonyl (C=O) groups excluding carboxylic acids is 1. The molecule has 0 aliphatic carbocycles. The fourth-order valence-corrected chi connectivity index (χ4v) is 1.40. The summed E-state index contributed by atoms with van der Waals surface area (Å²) in [7, 11) is 0. The Morgan fingerprint density at radius 3 is 3.00 bits per heavy atom. The minimum atomic E-state index is -1.13. The Morgan fingerprint density at radius 1 is 1.53 bits per heavy atom. The molecule has 1 fully saturated rings. The zero-order valence-electron chi connectivity index (χ0n) is 8.02. The van der Waals surface area contributed by atoms with Crippen molar-refractivity contribution in [2.75, 3.05) is 13.2 Å². The largest absolute Gasteiger partial charge is 0.376 e. The highest BCUT2D eigenvalue weighted by molar-refractivity contribution is 5.92. The second-order valence-electron chi connectivity index (χ2n) is 3.35. The molecule has 2 rings (SSSR count). The van der Waals surface area contributed by atoms with Crippen molar-refractivity contribution in [3.8, 4) is 0 Å². The Balaban J connectivity index is 1.98. The molecule has 15 heavy (non-hydrogen) atoms. The number of hydrogen-bond donors (Lipinski definition) is 1. The van der Waals surface area contributed by atoms with Gasteiger partial charge in [-0.2, -0.15) is 0 Å². The number of alkyl halides is 1. The molecule has 0 radical (unpaired) electrons. The molecule has 4 nitrogen and oxygen atoms in total. The van der Waals surface area contributed by atoms with Crippen LogP contribution in [0, 0.1) is 0 Å². The van der Waals surface area contributed by atoms with Crippen molar-refractivity contribution < 1.29 is 13.9 Å². The van der Waals surface area contributed by atoms with Crippen LogP contribution in [0.5, 0.6) is 0 Å². The lowest BCUT2D eigenvalue weighted by molar-refractivity contribution is 0.0915. The number of ether oxygens (including phenoxy) is 1. The zero-order valence-corrected chi connectivity index (χ0v) is 8.02. The summed E-state index contributed by atoms with van der Waals surface area (Å²) in [4.78, 5) is 15.4. The summed E-state index contributed by atoms with van der Waals surface area (Å²) < 4.78 is 18.0. The van der Waals surface area contributed by atoms with Crippen LogP contribution in [-0.4, -0.2) is 36.3 Å². The molecule has 2 unspecified atom stereocenters. The van der Waals surface area contributed by atoms with Crippen molar-refractivity contribution in [2.24, 2.45) is 0 Å². The third-order valence-electron chi connectivity index (χ3n) is 2.23. The Hall–Kier alpha value is -1.49. The van der Waals surface area contributed by atoms with Crippen LogP contribution in [0.1, 0.15) is 10.5 Å². The number of amides is 1. The molecule has 0 aromatic carbocycles. The van der Waals surface area contributed by atoms with Crippen LogP contribution < -0.4 is 5.32 Å². The molecule has 0 saturated carbocycles. The van der Waals surface area contributed by atoms with Gasteiger partial charge in [-0.15, -0.1) is 0 Å². The van der Waals surface area contributed by atoms with Gasteiger partial charge in [0.2, 0.25) is 0 Å². The summed E-state index contributed by atoms with van der Waals surface area (Å²) in [6.45, 7) is 0.271. The smallest absolute Gasteiger partial charge is 0.270 e. The van der Waals surface area contributed by atoms with Crippen LogP contribution >= 0.6 is 0 Å². The Bertz CT molecular complexity index is 345. The van der Waals surface area contributed by atoms with Gasteiger partial charge in [-0.3, -0.25) is 9.78 Å². The summed E-state index contributed by atoms with van der Waals surface area (Å²) in [5, 5.41) is 2.54. The Labute approximate surface area is 86.5 Å². The molecule has 2 heterocycles. The number of halogens is 1. The first-order chi connectivity index (χ1) is 7.27. The molecule has 2 atom stereocenters. The van der Waals surface area contributed by atoms with E-state index >= 15 is 0 Å². The standard InChI is InChI=1S/C10H11FN2O2/c11-7-5-15-6-9(7)13-10(14)8-3-1-2-4-12-8/h1-4,7,9H,5-6H2,(H,13,14). The van der Waals surface area contributed by atoms with Crippen molar-refractivity contribution in [3.05, 3.63) is 30.1 Å². The van der Waals surface area contributed by atoms with Gasteiger partial charge < -0.3 is 10.1 Å². The van der Waals surface area contributed by atoms with Crippen molar-refractivity contribution in [3.63, 3.8) is 0 Å². The van der Waals surface area contributed by atoms with Gasteiger partial charge in [-0.1, -0.05) is 6.07 Å². The van der Waals surface area contributed by atoms with Gasteiger partial charge in [-0.25, -0.2) is 4.39 Å². The van der Waals surface area contributed by atoms with Gasteiger partial charge in [0.25, 0.3) is 5.91 Å². The monoisotopic (exact) mass is 210 g/mol. The number of rotatable bonds is 2. The number of nitrogens with one attached hydrogen (secondary N) is 1. The van der Waals surface area contributed by atoms with E-state index < -0.39 is 12.2 Å². The molecule has 80 valence electrons. The molecular weight excluding hydrogens is 199 g/mol. The molecule has 1 aliphatic rings. The van der Waals surface area contributed by atoms with E-state index in [2.05, 4.69) is 10.3 Å². The molecular formula is C10H11FN2O2. The molecule has 1 aromatic rings. The maximum absolute atomic E-state index is 13.1. The van der Waals surface area contributed by atoms with E-state index in [0.717, 1.165) is 0 Å². The maximum atomic E-state index is 13.1. The summed E-state index contributed by atoms with van der Waals surface area (Å²) in [6.07, 6.45) is 0.394. The minimum absolute atomic E-state index is 0.0488. The van der Waals surface area contributed by atoms with Gasteiger partial charge in [0.05, 0.1) is 19.3 Å². The topological polar surface area (TPSA) is 51.2 Å². The van der Waals surface area contributed by atoms with Crippen LogP contribution in [0.15, 0.2) is 24.4 Å². The van der Waals surface area contributed by atoms with E-state index in [1.807, 2.05) is 0 Å². The molecule has 1 aliphatic heterocycles. The molecule has 5 heteroatoms. The summed E-state index contributed by atoms with van der Waals surface area (Å²) in [5.74, 6) is -0.367. The van der Waals surface area contributed by atoms with Gasteiger partial charge in [-0.05, 0) is 12.1 Å². The highest BCUT2D eigenvalue weighted by atomic mass is 19.1. The fourth-order valence-electron chi connectivity index (χ4n) is 1.40. The lowest BCUT2D eigenvalue weighted by Gasteiger charge is -2.12. The third kappa shape index (κ3) is 2.30. The predicted octanol–water partition coefficient (Wildman–Crippen LogP) is 0.548. The second-order valence-corrected chi connectivity index (χ2v) is 3.35. The summed E-state index contributed by atoms with van der Waals surface area (Å²) in [5.41, 5.74) is 0.289. The van der Waals surface area contributed by atoms with E-state index in [9.17, 15) is 9.18 Å². The number of pyridine rings is 1. The van der Waals surface area contributed by atoms with Gasteiger partial charge in [0, 0.05) is 6.20 Å². The first-order valence-electron chi connectivity index (χ1n) is 4.71. The average Bonchev–Trinajstić information content (AvgIpc) is 2.66. The van der Waals surface area contributed by atoms with Gasteiger partial charge in [0.1, 0.15) is 11.9 Å². The van der Waals surface area contributed by atoms with E-state index in [4.69, 9.17) is 4.74 Å². The molecule has 1 N–H and O–H groups in total. The normalized spacial score (nSPS) is 25.1. The molecule has 1 aromatic heterocycles. The summed E-state index contributed by atoms with van der Waals surface area (Å²) in [6, 6.07) is 4.45. The SMILES string of the molecule is O=C(NC1COCC1F)c1ccccn1. The molecule has 0 spiro atoms. The molecule has 1 saturated heterocycles. The van der Waals surface area contributed by atoms with Crippen LogP contribution in [-0.2, 0) is 4.74 Å². The zero-order chi connectivity index (χ0) is 10.7. The molecule has 1 amide bonds. The second kappa shape index (κ2) is 4.35. The number of carbonyl (C=O) groups is 1. The van der Waals surface area contributed by atoms with E-state index in [-0.39, 0.29) is 24.8 Å². The van der Waals surface area contributed by atoms with Crippen molar-refractivity contribution in [1.29, 1.82) is 0 Å². The minimum Gasteiger partial charge on any atom is -0.376 e. The van der Waals surface area contributed by atoms with Crippen LogP contribution in [0.25, 0.3) is 0 Å². The van der Waals surface area contributed by atoms with Crippen molar-refractivity contribution in [1.82, 2.24) is 10.3 Å². The van der Waals surface area contributed by atoms with Crippen molar-refractivity contribution >= 4 is 5.91 Å². The number of nitrogens with zero attached hydrogens (tertiary/aromatic N) is 1. The summed E-state index contributed by atoms with van der Waals surface area (Å²) >= 11 is 0. The first-order valence-corrected chi connectivity index (χ1v) is 4.71. The Kier molecular flexibility index (Phi) is 2.91.